The minimum atomic E-state index is -0.285. The average molecular weight is 378 g/mol. The van der Waals surface area contributed by atoms with Crippen molar-refractivity contribution in [2.45, 2.75) is 13.8 Å². The van der Waals surface area contributed by atoms with Crippen LogP contribution in [0.4, 0.5) is 5.69 Å². The smallest absolute Gasteiger partial charge is 0.262 e. The number of hydrogen-bond donors (Lipinski definition) is 1. The summed E-state index contributed by atoms with van der Waals surface area (Å²) in [5.74, 6) is 1.68. The van der Waals surface area contributed by atoms with Crippen LogP contribution in [0.5, 0.6) is 11.5 Å². The lowest BCUT2D eigenvalue weighted by molar-refractivity contribution is -0.118. The summed E-state index contributed by atoms with van der Waals surface area (Å²) in [6.45, 7) is 3.61. The summed E-state index contributed by atoms with van der Waals surface area (Å²) in [7, 11) is 1.63. The molecular weight excluding hydrogens is 356 g/mol. The molecule has 0 unspecified atom stereocenters. The summed E-state index contributed by atoms with van der Waals surface area (Å²) >= 11 is 0. The summed E-state index contributed by atoms with van der Waals surface area (Å²) in [5, 5.41) is 6.81. The molecule has 28 heavy (non-hydrogen) atoms. The molecule has 1 amide bonds. The molecule has 1 N–H and O–H groups in total. The number of carbonyl (C=O) groups excluding carboxylic acids is 1. The summed E-state index contributed by atoms with van der Waals surface area (Å²) in [4.78, 5) is 12.3. The molecule has 0 aliphatic carbocycles. The molecule has 6 nitrogen and oxygen atoms in total. The molecule has 144 valence electrons. The van der Waals surface area contributed by atoms with Gasteiger partial charge < -0.3 is 19.3 Å². The van der Waals surface area contributed by atoms with Gasteiger partial charge in [-0.2, -0.15) is 0 Å². The number of benzene rings is 2. The molecule has 6 heteroatoms. The Balaban J connectivity index is 1.64. The van der Waals surface area contributed by atoms with Crippen LogP contribution in [-0.2, 0) is 4.79 Å². The standard InChI is InChI=1S/C22H22N2O4/c1-15-5-4-6-19(13-15)27-14-21(25)23-22-16(2)28-24-20(22)12-9-17-7-10-18(26-3)11-8-17/h4-13H,14H2,1-3H3,(H,23,25)/b12-9+. The van der Waals surface area contributed by atoms with Gasteiger partial charge in [0.2, 0.25) is 0 Å². The SMILES string of the molecule is COc1ccc(/C=C/c2noc(C)c2NC(=O)COc2cccc(C)c2)cc1. The number of rotatable bonds is 7. The zero-order valence-corrected chi connectivity index (χ0v) is 16.1. The van der Waals surface area contributed by atoms with Crippen LogP contribution in [-0.4, -0.2) is 24.8 Å². The Morgan fingerprint density at radius 2 is 1.89 bits per heavy atom. The second kappa shape index (κ2) is 8.90. The van der Waals surface area contributed by atoms with E-state index in [2.05, 4.69) is 10.5 Å². The number of nitrogens with one attached hydrogen (secondary N) is 1. The van der Waals surface area contributed by atoms with E-state index < -0.39 is 0 Å². The zero-order chi connectivity index (χ0) is 19.9. The molecule has 2 aromatic carbocycles. The van der Waals surface area contributed by atoms with Crippen LogP contribution >= 0.6 is 0 Å². The minimum absolute atomic E-state index is 0.101. The van der Waals surface area contributed by atoms with Gasteiger partial charge in [0.1, 0.15) is 22.9 Å². The Morgan fingerprint density at radius 1 is 1.11 bits per heavy atom. The van der Waals surface area contributed by atoms with Crippen LogP contribution in [0.25, 0.3) is 12.2 Å². The highest BCUT2D eigenvalue weighted by Crippen LogP contribution is 2.23. The van der Waals surface area contributed by atoms with Crippen molar-refractivity contribution in [1.82, 2.24) is 5.16 Å². The Hall–Kier alpha value is -3.54. The first kappa shape index (κ1) is 19.2. The lowest BCUT2D eigenvalue weighted by atomic mass is 10.2. The Bertz CT molecular complexity index is 974. The molecule has 0 aliphatic heterocycles. The Kier molecular flexibility index (Phi) is 6.11. The molecular formula is C22H22N2O4. The minimum Gasteiger partial charge on any atom is -0.497 e. The second-order valence-corrected chi connectivity index (χ2v) is 6.26. The number of carbonyl (C=O) groups is 1. The lowest BCUT2D eigenvalue weighted by Gasteiger charge is -2.07. The first-order valence-electron chi connectivity index (χ1n) is 8.83. The third-order valence-electron chi connectivity index (χ3n) is 4.06. The third kappa shape index (κ3) is 5.01. The molecule has 1 heterocycles. The van der Waals surface area contributed by atoms with E-state index in [0.29, 0.717) is 22.9 Å². The van der Waals surface area contributed by atoms with E-state index in [1.807, 2.05) is 61.5 Å². The first-order chi connectivity index (χ1) is 13.5. The number of nitrogens with zero attached hydrogens (tertiary/aromatic N) is 1. The molecule has 0 fully saturated rings. The van der Waals surface area contributed by atoms with Crippen LogP contribution in [0.3, 0.4) is 0 Å². The third-order valence-corrected chi connectivity index (χ3v) is 4.06. The van der Waals surface area contributed by atoms with Gasteiger partial charge in [-0.1, -0.05) is 35.5 Å². The predicted molar refractivity (Wildman–Crippen MR) is 108 cm³/mol. The first-order valence-corrected chi connectivity index (χ1v) is 8.83. The summed E-state index contributed by atoms with van der Waals surface area (Å²) in [6, 6.07) is 15.1. The van der Waals surface area contributed by atoms with E-state index in [0.717, 1.165) is 16.9 Å². The molecule has 3 rings (SSSR count). The fourth-order valence-electron chi connectivity index (χ4n) is 2.57. The Labute approximate surface area is 163 Å². The van der Waals surface area contributed by atoms with Crippen molar-refractivity contribution in [2.75, 3.05) is 19.0 Å². The largest absolute Gasteiger partial charge is 0.497 e. The van der Waals surface area contributed by atoms with Crippen molar-refractivity contribution in [3.8, 4) is 11.5 Å². The van der Waals surface area contributed by atoms with Gasteiger partial charge in [0.15, 0.2) is 12.4 Å². The number of anilines is 1. The summed E-state index contributed by atoms with van der Waals surface area (Å²) < 4.78 is 15.9. The predicted octanol–water partition coefficient (Wildman–Crippen LogP) is 4.49. The normalized spacial score (nSPS) is 10.8. The van der Waals surface area contributed by atoms with Crippen molar-refractivity contribution < 1.29 is 18.8 Å². The maximum Gasteiger partial charge on any atom is 0.262 e. The molecule has 3 aromatic rings. The molecule has 0 radical (unpaired) electrons. The van der Waals surface area contributed by atoms with E-state index in [-0.39, 0.29) is 12.5 Å². The molecule has 1 aromatic heterocycles. The van der Waals surface area contributed by atoms with Gasteiger partial charge in [-0.3, -0.25) is 4.79 Å². The maximum atomic E-state index is 12.3. The molecule has 0 atom stereocenters. The number of methoxy groups -OCH3 is 1. The van der Waals surface area contributed by atoms with Gasteiger partial charge in [0.25, 0.3) is 5.91 Å². The van der Waals surface area contributed by atoms with E-state index in [1.54, 1.807) is 20.1 Å². The van der Waals surface area contributed by atoms with Crippen molar-refractivity contribution >= 4 is 23.7 Å². The molecule has 0 saturated heterocycles. The fourth-order valence-corrected chi connectivity index (χ4v) is 2.57. The second-order valence-electron chi connectivity index (χ2n) is 6.26. The van der Waals surface area contributed by atoms with Crippen molar-refractivity contribution in [3.63, 3.8) is 0 Å². The summed E-state index contributed by atoms with van der Waals surface area (Å²) in [6.07, 6.45) is 3.67. The van der Waals surface area contributed by atoms with Gasteiger partial charge >= 0.3 is 0 Å². The number of ether oxygens (including phenoxy) is 2. The average Bonchev–Trinajstić information content (AvgIpc) is 3.05. The van der Waals surface area contributed by atoms with E-state index in [4.69, 9.17) is 14.0 Å². The van der Waals surface area contributed by atoms with Crippen molar-refractivity contribution in [1.29, 1.82) is 0 Å². The van der Waals surface area contributed by atoms with E-state index >= 15 is 0 Å². The van der Waals surface area contributed by atoms with E-state index in [9.17, 15) is 4.79 Å². The van der Waals surface area contributed by atoms with Gasteiger partial charge in [-0.15, -0.1) is 0 Å². The molecule has 0 bridgehead atoms. The zero-order valence-electron chi connectivity index (χ0n) is 16.1. The summed E-state index contributed by atoms with van der Waals surface area (Å²) in [5.41, 5.74) is 3.11. The van der Waals surface area contributed by atoms with Crippen LogP contribution in [0.1, 0.15) is 22.6 Å². The topological polar surface area (TPSA) is 73.6 Å². The maximum absolute atomic E-state index is 12.3. The number of aromatic nitrogens is 1. The quantitative estimate of drug-likeness (QED) is 0.656. The highest BCUT2D eigenvalue weighted by molar-refractivity contribution is 5.94. The number of hydrogen-bond acceptors (Lipinski definition) is 5. The van der Waals surface area contributed by atoms with Gasteiger partial charge in [-0.05, 0) is 55.3 Å². The van der Waals surface area contributed by atoms with E-state index in [1.165, 1.54) is 0 Å². The van der Waals surface area contributed by atoms with Gasteiger partial charge in [-0.25, -0.2) is 0 Å². The Morgan fingerprint density at radius 3 is 2.61 bits per heavy atom. The van der Waals surface area contributed by atoms with Crippen molar-refractivity contribution in [3.05, 3.63) is 71.1 Å². The molecule has 0 spiro atoms. The van der Waals surface area contributed by atoms with Crippen LogP contribution in [0, 0.1) is 13.8 Å². The van der Waals surface area contributed by atoms with Gasteiger partial charge in [0.05, 0.1) is 7.11 Å². The van der Waals surface area contributed by atoms with Crippen LogP contribution < -0.4 is 14.8 Å². The highest BCUT2D eigenvalue weighted by atomic mass is 16.5. The highest BCUT2D eigenvalue weighted by Gasteiger charge is 2.14. The fraction of sp³-hybridized carbons (Fsp3) is 0.182. The lowest BCUT2D eigenvalue weighted by Crippen LogP contribution is -2.20. The van der Waals surface area contributed by atoms with Crippen LogP contribution in [0.15, 0.2) is 53.1 Å². The molecule has 0 aliphatic rings. The number of amides is 1. The van der Waals surface area contributed by atoms with Crippen molar-refractivity contribution in [2.24, 2.45) is 0 Å². The molecule has 0 saturated carbocycles. The van der Waals surface area contributed by atoms with Crippen LogP contribution in [0.2, 0.25) is 0 Å². The van der Waals surface area contributed by atoms with Gasteiger partial charge in [0, 0.05) is 0 Å². The number of aryl methyl sites for hydroxylation is 2. The monoisotopic (exact) mass is 378 g/mol.